The summed E-state index contributed by atoms with van der Waals surface area (Å²) in [6.07, 6.45) is 3.45. The van der Waals surface area contributed by atoms with E-state index in [2.05, 4.69) is 15.0 Å². The molecule has 0 aromatic carbocycles. The van der Waals surface area contributed by atoms with Crippen LogP contribution in [0, 0.1) is 17.2 Å². The van der Waals surface area contributed by atoms with Crippen LogP contribution in [0.15, 0.2) is 23.2 Å². The third kappa shape index (κ3) is 3.33. The molecule has 0 radical (unpaired) electrons. The number of nitriles is 1. The summed E-state index contributed by atoms with van der Waals surface area (Å²) in [5, 5.41) is 12.2. The van der Waals surface area contributed by atoms with Crippen molar-refractivity contribution in [2.75, 3.05) is 13.1 Å². The fourth-order valence-electron chi connectivity index (χ4n) is 2.40. The van der Waals surface area contributed by atoms with Gasteiger partial charge in [0.1, 0.15) is 11.0 Å². The van der Waals surface area contributed by atoms with Crippen molar-refractivity contribution >= 4 is 10.0 Å². The standard InChI is InChI=1S/C13H18N4O2S/c1-10(11-4-2-6-15-9-11)17-20(18,19)13-5-3-7-16-12(13)8-14/h3,5,7,10-11,15,17H,2,4,6,9H2,1H3. The van der Waals surface area contributed by atoms with Crippen LogP contribution in [0.2, 0.25) is 0 Å². The van der Waals surface area contributed by atoms with E-state index in [1.54, 1.807) is 0 Å². The fourth-order valence-corrected chi connectivity index (χ4v) is 3.82. The number of aromatic nitrogens is 1. The Morgan fingerprint density at radius 3 is 3.05 bits per heavy atom. The molecular formula is C13H18N4O2S. The van der Waals surface area contributed by atoms with Gasteiger partial charge in [-0.3, -0.25) is 0 Å². The molecule has 20 heavy (non-hydrogen) atoms. The summed E-state index contributed by atoms with van der Waals surface area (Å²) in [6.45, 7) is 3.65. The smallest absolute Gasteiger partial charge is 0.243 e. The van der Waals surface area contributed by atoms with Crippen molar-refractivity contribution in [2.24, 2.45) is 5.92 Å². The second-order valence-corrected chi connectivity index (χ2v) is 6.66. The Morgan fingerprint density at radius 2 is 2.40 bits per heavy atom. The van der Waals surface area contributed by atoms with Crippen molar-refractivity contribution < 1.29 is 8.42 Å². The summed E-state index contributed by atoms with van der Waals surface area (Å²) < 4.78 is 27.3. The molecule has 1 aromatic heterocycles. The first-order valence-corrected chi connectivity index (χ1v) is 8.11. The molecule has 0 amide bonds. The average Bonchev–Trinajstić information content (AvgIpc) is 2.47. The van der Waals surface area contributed by atoms with E-state index < -0.39 is 10.0 Å². The van der Waals surface area contributed by atoms with Gasteiger partial charge in [-0.2, -0.15) is 5.26 Å². The van der Waals surface area contributed by atoms with Crippen molar-refractivity contribution in [1.29, 1.82) is 5.26 Å². The molecular weight excluding hydrogens is 276 g/mol. The minimum Gasteiger partial charge on any atom is -0.316 e. The molecule has 0 saturated carbocycles. The topological polar surface area (TPSA) is 94.9 Å². The van der Waals surface area contributed by atoms with Gasteiger partial charge >= 0.3 is 0 Å². The number of hydrogen-bond acceptors (Lipinski definition) is 5. The van der Waals surface area contributed by atoms with Crippen LogP contribution in [-0.4, -0.2) is 32.5 Å². The monoisotopic (exact) mass is 294 g/mol. The highest BCUT2D eigenvalue weighted by atomic mass is 32.2. The lowest BCUT2D eigenvalue weighted by Crippen LogP contribution is -2.44. The van der Waals surface area contributed by atoms with Crippen molar-refractivity contribution in [3.8, 4) is 6.07 Å². The minimum absolute atomic E-state index is 0.0573. The van der Waals surface area contributed by atoms with Gasteiger partial charge in [-0.1, -0.05) is 0 Å². The zero-order valence-electron chi connectivity index (χ0n) is 11.3. The molecule has 6 nitrogen and oxygen atoms in total. The van der Waals surface area contributed by atoms with E-state index in [4.69, 9.17) is 5.26 Å². The lowest BCUT2D eigenvalue weighted by Gasteiger charge is -2.28. The summed E-state index contributed by atoms with van der Waals surface area (Å²) >= 11 is 0. The summed E-state index contributed by atoms with van der Waals surface area (Å²) in [4.78, 5) is 3.73. The highest BCUT2D eigenvalue weighted by molar-refractivity contribution is 7.89. The van der Waals surface area contributed by atoms with Gasteiger partial charge in [-0.25, -0.2) is 18.1 Å². The Balaban J connectivity index is 2.16. The lowest BCUT2D eigenvalue weighted by atomic mass is 9.94. The molecule has 1 aromatic rings. The first-order valence-electron chi connectivity index (χ1n) is 6.63. The first-order chi connectivity index (χ1) is 9.54. The molecule has 1 saturated heterocycles. The maximum atomic E-state index is 12.3. The molecule has 1 aliphatic rings. The number of hydrogen-bond donors (Lipinski definition) is 2. The van der Waals surface area contributed by atoms with Gasteiger partial charge in [0.25, 0.3) is 0 Å². The van der Waals surface area contributed by atoms with Gasteiger partial charge in [0.05, 0.1) is 0 Å². The van der Waals surface area contributed by atoms with E-state index in [1.165, 1.54) is 18.3 Å². The van der Waals surface area contributed by atoms with Crippen LogP contribution in [-0.2, 0) is 10.0 Å². The first kappa shape index (κ1) is 14.9. The van der Waals surface area contributed by atoms with Gasteiger partial charge in [0, 0.05) is 12.2 Å². The van der Waals surface area contributed by atoms with Crippen LogP contribution < -0.4 is 10.0 Å². The molecule has 2 unspecified atom stereocenters. The van der Waals surface area contributed by atoms with Gasteiger partial charge in [-0.15, -0.1) is 0 Å². The molecule has 7 heteroatoms. The quantitative estimate of drug-likeness (QED) is 0.849. The van der Waals surface area contributed by atoms with E-state index in [9.17, 15) is 8.42 Å². The molecule has 2 atom stereocenters. The number of rotatable bonds is 4. The number of sulfonamides is 1. The highest BCUT2D eigenvalue weighted by Gasteiger charge is 2.26. The fraction of sp³-hybridized carbons (Fsp3) is 0.538. The van der Waals surface area contributed by atoms with Gasteiger partial charge in [-0.05, 0) is 50.9 Å². The predicted octanol–water partition coefficient (Wildman–Crippen LogP) is 0.620. The minimum atomic E-state index is -3.71. The second-order valence-electron chi connectivity index (χ2n) is 4.98. The summed E-state index contributed by atoms with van der Waals surface area (Å²) in [7, 11) is -3.71. The predicted molar refractivity (Wildman–Crippen MR) is 74.3 cm³/mol. The van der Waals surface area contributed by atoms with Crippen LogP contribution in [0.5, 0.6) is 0 Å². The van der Waals surface area contributed by atoms with Gasteiger partial charge in [0.2, 0.25) is 10.0 Å². The van der Waals surface area contributed by atoms with Crippen LogP contribution in [0.1, 0.15) is 25.5 Å². The Bertz CT molecular complexity index is 603. The second kappa shape index (κ2) is 6.31. The molecule has 2 rings (SSSR count). The molecule has 1 fully saturated rings. The Morgan fingerprint density at radius 1 is 1.60 bits per heavy atom. The third-order valence-electron chi connectivity index (χ3n) is 3.55. The average molecular weight is 294 g/mol. The Labute approximate surface area is 119 Å². The Hall–Kier alpha value is -1.49. The van der Waals surface area contributed by atoms with Crippen LogP contribution >= 0.6 is 0 Å². The van der Waals surface area contributed by atoms with Crippen molar-refractivity contribution in [1.82, 2.24) is 15.0 Å². The molecule has 2 N–H and O–H groups in total. The SMILES string of the molecule is CC(NS(=O)(=O)c1cccnc1C#N)C1CCCNC1. The lowest BCUT2D eigenvalue weighted by molar-refractivity contribution is 0.320. The van der Waals surface area contributed by atoms with Crippen LogP contribution in [0.4, 0.5) is 0 Å². The molecule has 0 bridgehead atoms. The zero-order chi connectivity index (χ0) is 14.6. The number of nitrogens with one attached hydrogen (secondary N) is 2. The summed E-state index contributed by atoms with van der Waals surface area (Å²) in [5.74, 6) is 0.265. The number of pyridine rings is 1. The molecule has 0 spiro atoms. The molecule has 108 valence electrons. The van der Waals surface area contributed by atoms with E-state index >= 15 is 0 Å². The summed E-state index contributed by atoms with van der Waals surface area (Å²) in [5.41, 5.74) is -0.0750. The van der Waals surface area contributed by atoms with E-state index in [1.807, 2.05) is 13.0 Å². The van der Waals surface area contributed by atoms with Crippen LogP contribution in [0.3, 0.4) is 0 Å². The molecule has 1 aliphatic heterocycles. The van der Waals surface area contributed by atoms with Crippen molar-refractivity contribution in [3.05, 3.63) is 24.0 Å². The van der Waals surface area contributed by atoms with E-state index in [0.29, 0.717) is 0 Å². The van der Waals surface area contributed by atoms with Gasteiger partial charge in [0.15, 0.2) is 5.69 Å². The normalized spacial score (nSPS) is 21.1. The zero-order valence-corrected chi connectivity index (χ0v) is 12.2. The third-order valence-corrected chi connectivity index (χ3v) is 5.14. The Kier molecular flexibility index (Phi) is 4.70. The van der Waals surface area contributed by atoms with Crippen molar-refractivity contribution in [2.45, 2.75) is 30.7 Å². The number of piperidine rings is 1. The highest BCUT2D eigenvalue weighted by Crippen LogP contribution is 2.18. The maximum absolute atomic E-state index is 12.3. The van der Waals surface area contributed by atoms with Crippen molar-refractivity contribution in [3.63, 3.8) is 0 Å². The largest absolute Gasteiger partial charge is 0.316 e. The summed E-state index contributed by atoms with van der Waals surface area (Å²) in [6, 6.07) is 4.55. The van der Waals surface area contributed by atoms with E-state index in [0.717, 1.165) is 25.9 Å². The van der Waals surface area contributed by atoms with Crippen LogP contribution in [0.25, 0.3) is 0 Å². The molecule has 0 aliphatic carbocycles. The van der Waals surface area contributed by atoms with E-state index in [-0.39, 0.29) is 22.5 Å². The van der Waals surface area contributed by atoms with Gasteiger partial charge < -0.3 is 5.32 Å². The number of nitrogens with zero attached hydrogens (tertiary/aromatic N) is 2. The molecule has 2 heterocycles. The maximum Gasteiger partial charge on any atom is 0.243 e.